The lowest BCUT2D eigenvalue weighted by Crippen LogP contribution is -2.43. The van der Waals surface area contributed by atoms with Gasteiger partial charge in [-0.25, -0.2) is 0 Å². The summed E-state index contributed by atoms with van der Waals surface area (Å²) < 4.78 is 33.7. The maximum atomic E-state index is 12.2. The molecule has 0 saturated carbocycles. The van der Waals surface area contributed by atoms with Crippen LogP contribution in [0.4, 0.5) is 11.4 Å². The molecule has 0 spiro atoms. The van der Waals surface area contributed by atoms with Crippen LogP contribution in [-0.2, 0) is 14.9 Å². The Morgan fingerprint density at radius 1 is 0.952 bits per heavy atom. The Bertz CT molecular complexity index is 562. The Morgan fingerprint density at radius 3 is 2.19 bits per heavy atom. The lowest BCUT2D eigenvalue weighted by molar-refractivity contribution is 0.0733. The Kier molecular flexibility index (Phi) is 4.32. The highest BCUT2D eigenvalue weighted by molar-refractivity contribution is 7.90. The van der Waals surface area contributed by atoms with Crippen molar-refractivity contribution in [2.45, 2.75) is 12.8 Å². The molecule has 7 heteroatoms. The normalized spacial score (nSPS) is 20.7. The summed E-state index contributed by atoms with van der Waals surface area (Å²) in [7, 11) is -3.48. The summed E-state index contributed by atoms with van der Waals surface area (Å²) in [5, 5.41) is 0. The first kappa shape index (κ1) is 14.6. The largest absolute Gasteiger partial charge is 0.379 e. The molecule has 116 valence electrons. The van der Waals surface area contributed by atoms with E-state index in [9.17, 15) is 8.42 Å². The quantitative estimate of drug-likeness (QED) is 0.910. The highest BCUT2D eigenvalue weighted by Gasteiger charge is 2.24. The van der Waals surface area contributed by atoms with Crippen molar-refractivity contribution in [1.29, 1.82) is 0 Å². The second-order valence-corrected chi connectivity index (χ2v) is 7.03. The molecule has 2 heterocycles. The summed E-state index contributed by atoms with van der Waals surface area (Å²) in [5.41, 5.74) is 1.76. The molecule has 1 N–H and O–H groups in total. The van der Waals surface area contributed by atoms with Crippen LogP contribution in [0.1, 0.15) is 12.8 Å². The van der Waals surface area contributed by atoms with Crippen molar-refractivity contribution >= 4 is 21.6 Å². The summed E-state index contributed by atoms with van der Waals surface area (Å²) in [6.45, 7) is 3.88. The van der Waals surface area contributed by atoms with Crippen molar-refractivity contribution < 1.29 is 13.2 Å². The van der Waals surface area contributed by atoms with E-state index >= 15 is 0 Å². The van der Waals surface area contributed by atoms with Gasteiger partial charge in [-0.2, -0.15) is 12.7 Å². The lowest BCUT2D eigenvalue weighted by Gasteiger charge is -2.26. The molecule has 2 aliphatic heterocycles. The molecule has 1 aromatic rings. The van der Waals surface area contributed by atoms with E-state index in [4.69, 9.17) is 4.74 Å². The van der Waals surface area contributed by atoms with Crippen LogP contribution in [0.25, 0.3) is 0 Å². The maximum absolute atomic E-state index is 12.2. The van der Waals surface area contributed by atoms with E-state index in [0.717, 1.165) is 18.8 Å². The topological polar surface area (TPSA) is 61.9 Å². The van der Waals surface area contributed by atoms with E-state index in [0.29, 0.717) is 32.0 Å². The zero-order valence-corrected chi connectivity index (χ0v) is 12.8. The predicted molar refractivity (Wildman–Crippen MR) is 82.8 cm³/mol. The number of anilines is 2. The van der Waals surface area contributed by atoms with Crippen LogP contribution >= 0.6 is 0 Å². The summed E-state index contributed by atoms with van der Waals surface area (Å²) in [4.78, 5) is 2.32. The van der Waals surface area contributed by atoms with Gasteiger partial charge in [-0.1, -0.05) is 0 Å². The van der Waals surface area contributed by atoms with Gasteiger partial charge in [0.25, 0.3) is 0 Å². The second kappa shape index (κ2) is 6.21. The number of hydrogen-bond donors (Lipinski definition) is 1. The fourth-order valence-electron chi connectivity index (χ4n) is 2.72. The van der Waals surface area contributed by atoms with Gasteiger partial charge in [0.2, 0.25) is 0 Å². The van der Waals surface area contributed by atoms with E-state index in [1.165, 1.54) is 17.1 Å². The maximum Gasteiger partial charge on any atom is 0.301 e. The van der Waals surface area contributed by atoms with Gasteiger partial charge in [0, 0.05) is 37.6 Å². The summed E-state index contributed by atoms with van der Waals surface area (Å²) in [6, 6.07) is 7.60. The van der Waals surface area contributed by atoms with Gasteiger partial charge in [-0.05, 0) is 37.1 Å². The molecule has 21 heavy (non-hydrogen) atoms. The van der Waals surface area contributed by atoms with Crippen molar-refractivity contribution in [2.24, 2.45) is 0 Å². The van der Waals surface area contributed by atoms with Crippen molar-refractivity contribution in [3.8, 4) is 0 Å². The van der Waals surface area contributed by atoms with E-state index in [1.807, 2.05) is 24.3 Å². The standard InChI is InChI=1S/C14H21N3O3S/c18-21(19,17-9-11-20-12-10-17)15-13-3-5-14(6-4-13)16-7-1-2-8-16/h3-6,15H,1-2,7-12H2. The van der Waals surface area contributed by atoms with Crippen LogP contribution in [-0.4, -0.2) is 52.1 Å². The molecule has 0 atom stereocenters. The first-order valence-electron chi connectivity index (χ1n) is 7.36. The highest BCUT2D eigenvalue weighted by atomic mass is 32.2. The van der Waals surface area contributed by atoms with Crippen molar-refractivity contribution in [1.82, 2.24) is 4.31 Å². The lowest BCUT2D eigenvalue weighted by atomic mass is 10.2. The fourth-order valence-corrected chi connectivity index (χ4v) is 3.91. The molecule has 0 bridgehead atoms. The van der Waals surface area contributed by atoms with Gasteiger partial charge in [0.15, 0.2) is 0 Å². The summed E-state index contributed by atoms with van der Waals surface area (Å²) in [5.74, 6) is 0. The highest BCUT2D eigenvalue weighted by Crippen LogP contribution is 2.22. The molecule has 2 aliphatic rings. The van der Waals surface area contributed by atoms with Crippen molar-refractivity contribution in [3.05, 3.63) is 24.3 Å². The molecule has 2 fully saturated rings. The fraction of sp³-hybridized carbons (Fsp3) is 0.571. The van der Waals surface area contributed by atoms with Crippen LogP contribution in [0.3, 0.4) is 0 Å². The van der Waals surface area contributed by atoms with Crippen molar-refractivity contribution in [2.75, 3.05) is 49.0 Å². The minimum absolute atomic E-state index is 0.404. The first-order chi connectivity index (χ1) is 10.1. The molecule has 0 unspecified atom stereocenters. The minimum atomic E-state index is -3.48. The Balaban J connectivity index is 1.66. The third-order valence-corrected chi connectivity index (χ3v) is 5.43. The number of benzene rings is 1. The third kappa shape index (κ3) is 3.48. The number of morpholine rings is 1. The Hall–Kier alpha value is -1.31. The number of rotatable bonds is 4. The van der Waals surface area contributed by atoms with Gasteiger partial charge < -0.3 is 9.64 Å². The molecule has 1 aromatic carbocycles. The molecule has 2 saturated heterocycles. The predicted octanol–water partition coefficient (Wildman–Crippen LogP) is 1.28. The molecular weight excluding hydrogens is 290 g/mol. The van der Waals surface area contributed by atoms with E-state index < -0.39 is 10.2 Å². The van der Waals surface area contributed by atoms with Crippen molar-refractivity contribution in [3.63, 3.8) is 0 Å². The third-order valence-electron chi connectivity index (χ3n) is 3.90. The molecule has 0 aromatic heterocycles. The number of ether oxygens (including phenoxy) is 1. The first-order valence-corrected chi connectivity index (χ1v) is 8.80. The number of nitrogens with zero attached hydrogens (tertiary/aromatic N) is 2. The minimum Gasteiger partial charge on any atom is -0.379 e. The van der Waals surface area contributed by atoms with E-state index in [-0.39, 0.29) is 0 Å². The molecular formula is C14H21N3O3S. The van der Waals surface area contributed by atoms with Gasteiger partial charge in [0.05, 0.1) is 13.2 Å². The molecule has 0 amide bonds. The van der Waals surface area contributed by atoms with Crippen LogP contribution in [0.5, 0.6) is 0 Å². The number of hydrogen-bond acceptors (Lipinski definition) is 4. The average molecular weight is 311 g/mol. The zero-order valence-electron chi connectivity index (χ0n) is 12.0. The smallest absolute Gasteiger partial charge is 0.301 e. The summed E-state index contributed by atoms with van der Waals surface area (Å²) >= 11 is 0. The van der Waals surface area contributed by atoms with Gasteiger partial charge in [0.1, 0.15) is 0 Å². The molecule has 3 rings (SSSR count). The molecule has 0 aliphatic carbocycles. The SMILES string of the molecule is O=S(=O)(Nc1ccc(N2CCCC2)cc1)N1CCOCC1. The van der Waals surface area contributed by atoms with E-state index in [1.54, 1.807) is 0 Å². The van der Waals surface area contributed by atoms with Crippen LogP contribution in [0.15, 0.2) is 24.3 Å². The Labute approximate surface area is 125 Å². The van der Waals surface area contributed by atoms with Gasteiger partial charge in [-0.15, -0.1) is 0 Å². The zero-order chi connectivity index (χ0) is 14.7. The van der Waals surface area contributed by atoms with Gasteiger partial charge >= 0.3 is 10.2 Å². The van der Waals surface area contributed by atoms with Crippen LogP contribution in [0.2, 0.25) is 0 Å². The second-order valence-electron chi connectivity index (χ2n) is 5.36. The monoisotopic (exact) mass is 311 g/mol. The molecule has 6 nitrogen and oxygen atoms in total. The van der Waals surface area contributed by atoms with E-state index in [2.05, 4.69) is 9.62 Å². The number of nitrogens with one attached hydrogen (secondary N) is 1. The van der Waals surface area contributed by atoms with Crippen LogP contribution < -0.4 is 9.62 Å². The Morgan fingerprint density at radius 2 is 1.57 bits per heavy atom. The van der Waals surface area contributed by atoms with Crippen LogP contribution in [0, 0.1) is 0 Å². The molecule has 0 radical (unpaired) electrons. The van der Waals surface area contributed by atoms with Gasteiger partial charge in [-0.3, -0.25) is 4.72 Å². The summed E-state index contributed by atoms with van der Waals surface area (Å²) in [6.07, 6.45) is 2.46. The average Bonchev–Trinajstić information content (AvgIpc) is 3.03.